The molecule has 2 rings (SSSR count). The van der Waals surface area contributed by atoms with Crippen molar-refractivity contribution >= 4 is 18.0 Å². The van der Waals surface area contributed by atoms with Gasteiger partial charge >= 0.3 is 18.0 Å². The highest BCUT2D eigenvalue weighted by Gasteiger charge is 2.27. The Hall–Kier alpha value is -3.20. The van der Waals surface area contributed by atoms with Crippen LogP contribution in [-0.2, 0) is 22.6 Å². The van der Waals surface area contributed by atoms with Gasteiger partial charge in [-0.1, -0.05) is 44.2 Å². The van der Waals surface area contributed by atoms with E-state index in [-0.39, 0.29) is 12.3 Å². The number of hydrogen-bond donors (Lipinski definition) is 4. The molecule has 29 heavy (non-hydrogen) atoms. The highest BCUT2D eigenvalue weighted by atomic mass is 16.4. The van der Waals surface area contributed by atoms with Crippen LogP contribution in [0.4, 0.5) is 4.79 Å². The average molecular weight is 402 g/mol. The van der Waals surface area contributed by atoms with E-state index in [1.165, 1.54) is 17.1 Å². The smallest absolute Gasteiger partial charge is 0.327 e. The molecule has 156 valence electrons. The van der Waals surface area contributed by atoms with E-state index in [1.54, 1.807) is 0 Å². The van der Waals surface area contributed by atoms with Crippen molar-refractivity contribution in [3.05, 3.63) is 54.1 Å². The van der Waals surface area contributed by atoms with Crippen LogP contribution in [0.2, 0.25) is 0 Å². The molecule has 0 saturated heterocycles. The molecule has 0 radical (unpaired) electrons. The third-order valence-corrected chi connectivity index (χ3v) is 4.28. The lowest BCUT2D eigenvalue weighted by atomic mass is 10.0. The largest absolute Gasteiger partial charge is 0.480 e. The van der Waals surface area contributed by atoms with Crippen LogP contribution in [0.25, 0.3) is 0 Å². The molecule has 1 aromatic heterocycles. The van der Waals surface area contributed by atoms with Crippen molar-refractivity contribution in [2.45, 2.75) is 45.3 Å². The van der Waals surface area contributed by atoms with Crippen LogP contribution in [0.5, 0.6) is 0 Å². The van der Waals surface area contributed by atoms with Crippen LogP contribution in [0.3, 0.4) is 0 Å². The summed E-state index contributed by atoms with van der Waals surface area (Å²) in [5.41, 5.74) is 1.31. The summed E-state index contributed by atoms with van der Waals surface area (Å²) < 4.78 is 1.24. The van der Waals surface area contributed by atoms with Crippen molar-refractivity contribution < 1.29 is 24.6 Å². The Kier molecular flexibility index (Phi) is 7.90. The first kappa shape index (κ1) is 22.1. The molecule has 0 bridgehead atoms. The maximum absolute atomic E-state index is 12.2. The van der Waals surface area contributed by atoms with Crippen LogP contribution >= 0.6 is 0 Å². The zero-order valence-corrected chi connectivity index (χ0v) is 16.4. The number of benzene rings is 1. The van der Waals surface area contributed by atoms with Crippen LogP contribution in [-0.4, -0.2) is 49.8 Å². The molecule has 0 aliphatic carbocycles. The lowest BCUT2D eigenvalue weighted by Gasteiger charge is -2.21. The van der Waals surface area contributed by atoms with Crippen molar-refractivity contribution in [2.24, 2.45) is 5.92 Å². The number of aliphatic carboxylic acids is 2. The quantitative estimate of drug-likeness (QED) is 0.475. The van der Waals surface area contributed by atoms with E-state index in [9.17, 15) is 24.6 Å². The number of carbonyl (C=O) groups excluding carboxylic acids is 1. The van der Waals surface area contributed by atoms with Crippen molar-refractivity contribution in [1.29, 1.82) is 0 Å². The molecule has 0 aliphatic rings. The van der Waals surface area contributed by atoms with E-state index in [1.807, 2.05) is 44.2 Å². The average Bonchev–Trinajstić information content (AvgIpc) is 3.14. The normalized spacial score (nSPS) is 13.1. The third-order valence-electron chi connectivity index (χ3n) is 4.28. The number of amides is 1. The predicted octanol–water partition coefficient (Wildman–Crippen LogP) is 1.73. The van der Waals surface area contributed by atoms with Crippen LogP contribution in [0.15, 0.2) is 42.9 Å². The molecule has 9 nitrogen and oxygen atoms in total. The topological polar surface area (TPSA) is 134 Å². The van der Waals surface area contributed by atoms with E-state index in [0.717, 1.165) is 5.56 Å². The van der Waals surface area contributed by atoms with Crippen LogP contribution in [0.1, 0.15) is 31.5 Å². The van der Waals surface area contributed by atoms with Gasteiger partial charge in [-0.05, 0) is 17.9 Å². The van der Waals surface area contributed by atoms with Gasteiger partial charge in [0.15, 0.2) is 0 Å². The van der Waals surface area contributed by atoms with E-state index in [2.05, 4.69) is 15.6 Å². The lowest BCUT2D eigenvalue weighted by molar-refractivity contribution is -0.142. The molecule has 2 atom stereocenters. The summed E-state index contributed by atoms with van der Waals surface area (Å²) in [7, 11) is 0. The molecule has 1 aromatic carbocycles. The highest BCUT2D eigenvalue weighted by Crippen LogP contribution is 2.09. The molecule has 0 spiro atoms. The highest BCUT2D eigenvalue weighted by molar-refractivity contribution is 5.78. The van der Waals surface area contributed by atoms with Gasteiger partial charge in [0.25, 0.3) is 0 Å². The van der Waals surface area contributed by atoms with Gasteiger partial charge in [-0.25, -0.2) is 9.78 Å². The number of carboxylic acid groups (broad SMARTS) is 2. The van der Waals surface area contributed by atoms with Crippen molar-refractivity contribution in [1.82, 2.24) is 20.2 Å². The first-order chi connectivity index (χ1) is 13.8. The maximum atomic E-state index is 12.2. The van der Waals surface area contributed by atoms with Gasteiger partial charge in [-0.3, -0.25) is 19.5 Å². The predicted molar refractivity (Wildman–Crippen MR) is 105 cm³/mol. The Bertz CT molecular complexity index is 834. The van der Waals surface area contributed by atoms with Crippen molar-refractivity contribution in [2.75, 3.05) is 0 Å². The molecule has 0 saturated carbocycles. The Morgan fingerprint density at radius 1 is 1.07 bits per heavy atom. The summed E-state index contributed by atoms with van der Waals surface area (Å²) in [6.07, 6.45) is 3.00. The second-order valence-corrected chi connectivity index (χ2v) is 7.20. The van der Waals surface area contributed by atoms with Gasteiger partial charge in [-0.2, -0.15) is 0 Å². The molecule has 0 fully saturated rings. The second-order valence-electron chi connectivity index (χ2n) is 7.20. The monoisotopic (exact) mass is 402 g/mol. The Morgan fingerprint density at radius 2 is 1.72 bits per heavy atom. The SMILES string of the molecule is CC(C)CC(N[C@@H](Cc1cn(C(=O)NCc2ccccc2)cn1)C(=O)O)C(=O)O. The minimum absolute atomic E-state index is 0.0455. The Labute approximate surface area is 168 Å². The number of rotatable bonds is 10. The van der Waals surface area contributed by atoms with Gasteiger partial charge in [0.05, 0.1) is 5.69 Å². The Morgan fingerprint density at radius 3 is 2.31 bits per heavy atom. The number of carboxylic acids is 2. The van der Waals surface area contributed by atoms with Gasteiger partial charge in [0, 0.05) is 19.2 Å². The second kappa shape index (κ2) is 10.4. The molecule has 2 aromatic rings. The molecular weight excluding hydrogens is 376 g/mol. The van der Waals surface area contributed by atoms with Crippen LogP contribution in [0, 0.1) is 5.92 Å². The summed E-state index contributed by atoms with van der Waals surface area (Å²) >= 11 is 0. The molecule has 1 heterocycles. The van der Waals surface area contributed by atoms with Crippen molar-refractivity contribution in [3.63, 3.8) is 0 Å². The number of imidazole rings is 1. The number of nitrogens with one attached hydrogen (secondary N) is 2. The molecule has 0 aliphatic heterocycles. The van der Waals surface area contributed by atoms with Gasteiger partial charge in [-0.15, -0.1) is 0 Å². The minimum atomic E-state index is -1.18. The van der Waals surface area contributed by atoms with Crippen molar-refractivity contribution in [3.8, 4) is 0 Å². The van der Waals surface area contributed by atoms with E-state index >= 15 is 0 Å². The maximum Gasteiger partial charge on any atom is 0.327 e. The summed E-state index contributed by atoms with van der Waals surface area (Å²) in [6, 6.07) is 6.90. The fourth-order valence-corrected chi connectivity index (χ4v) is 2.83. The fraction of sp³-hybridized carbons (Fsp3) is 0.400. The van der Waals surface area contributed by atoms with Gasteiger partial charge in [0.1, 0.15) is 18.4 Å². The summed E-state index contributed by atoms with van der Waals surface area (Å²) in [4.78, 5) is 39.3. The number of hydrogen-bond acceptors (Lipinski definition) is 5. The van der Waals surface area contributed by atoms with E-state index in [0.29, 0.717) is 18.7 Å². The minimum Gasteiger partial charge on any atom is -0.480 e. The fourth-order valence-electron chi connectivity index (χ4n) is 2.83. The van der Waals surface area contributed by atoms with E-state index < -0.39 is 30.1 Å². The summed E-state index contributed by atoms with van der Waals surface area (Å²) in [5.74, 6) is -2.19. The summed E-state index contributed by atoms with van der Waals surface area (Å²) in [6.45, 7) is 4.08. The molecule has 1 amide bonds. The standard InChI is InChI=1S/C20H26N4O5/c1-13(2)8-16(18(25)26)23-17(19(27)28)9-15-11-24(12-22-15)20(29)21-10-14-6-4-3-5-7-14/h3-7,11-13,16-17,23H,8-10H2,1-2H3,(H,21,29)(H,25,26)(H,27,28)/t16?,17-/m0/s1. The number of aromatic nitrogens is 2. The first-order valence-electron chi connectivity index (χ1n) is 9.33. The number of nitrogens with zero attached hydrogens (tertiary/aromatic N) is 2. The molecule has 4 N–H and O–H groups in total. The van der Waals surface area contributed by atoms with Crippen LogP contribution < -0.4 is 10.6 Å². The molecule has 9 heteroatoms. The zero-order chi connectivity index (χ0) is 21.4. The third kappa shape index (κ3) is 7.04. The first-order valence-corrected chi connectivity index (χ1v) is 9.33. The molecular formula is C20H26N4O5. The van der Waals surface area contributed by atoms with E-state index in [4.69, 9.17) is 0 Å². The summed E-state index contributed by atoms with van der Waals surface area (Å²) in [5, 5.41) is 24.2. The zero-order valence-electron chi connectivity index (χ0n) is 16.4. The molecule has 1 unspecified atom stereocenters. The number of carbonyl (C=O) groups is 3. The Balaban J connectivity index is 1.98. The van der Waals surface area contributed by atoms with Gasteiger partial charge < -0.3 is 15.5 Å². The lowest BCUT2D eigenvalue weighted by Crippen LogP contribution is -2.48. The van der Waals surface area contributed by atoms with Gasteiger partial charge in [0.2, 0.25) is 0 Å².